The molecule has 0 aliphatic rings. The van der Waals surface area contributed by atoms with Gasteiger partial charge in [0.1, 0.15) is 5.75 Å². The molecule has 17 heavy (non-hydrogen) atoms. The molecule has 0 spiro atoms. The summed E-state index contributed by atoms with van der Waals surface area (Å²) >= 11 is 0. The number of carbonyl (C=O) groups is 1. The van der Waals surface area contributed by atoms with Crippen LogP contribution in [-0.2, 0) is 0 Å². The van der Waals surface area contributed by atoms with Gasteiger partial charge < -0.3 is 15.8 Å². The topological polar surface area (TPSA) is 64.3 Å². The summed E-state index contributed by atoms with van der Waals surface area (Å²) in [5.74, 6) is 0.541. The van der Waals surface area contributed by atoms with Gasteiger partial charge >= 0.3 is 0 Å². The minimum absolute atomic E-state index is 0.0967. The first-order valence-electron chi connectivity index (χ1n) is 5.99. The first-order chi connectivity index (χ1) is 8.19. The zero-order chi connectivity index (χ0) is 12.7. The molecule has 0 saturated carbocycles. The van der Waals surface area contributed by atoms with Crippen LogP contribution in [0.1, 0.15) is 37.0 Å². The Morgan fingerprint density at radius 2 is 2.12 bits per heavy atom. The summed E-state index contributed by atoms with van der Waals surface area (Å²) in [7, 11) is 0. The van der Waals surface area contributed by atoms with Gasteiger partial charge in [0.25, 0.3) is 5.91 Å². The van der Waals surface area contributed by atoms with E-state index in [4.69, 9.17) is 10.5 Å². The maximum Gasteiger partial charge on any atom is 0.251 e. The van der Waals surface area contributed by atoms with Crippen molar-refractivity contribution in [1.82, 2.24) is 5.32 Å². The van der Waals surface area contributed by atoms with Crippen molar-refractivity contribution >= 4 is 11.6 Å². The summed E-state index contributed by atoms with van der Waals surface area (Å²) in [6, 6.07) is 5.12. The molecule has 0 bridgehead atoms. The molecule has 0 fully saturated rings. The highest BCUT2D eigenvalue weighted by Gasteiger charge is 2.07. The molecule has 1 amide bonds. The molecule has 3 N–H and O–H groups in total. The van der Waals surface area contributed by atoms with Crippen LogP contribution in [0.3, 0.4) is 0 Å². The Kier molecular flexibility index (Phi) is 5.33. The largest absolute Gasteiger partial charge is 0.491 e. The molecule has 0 unspecified atom stereocenters. The Morgan fingerprint density at radius 1 is 1.35 bits per heavy atom. The summed E-state index contributed by atoms with van der Waals surface area (Å²) in [4.78, 5) is 11.7. The SMILES string of the molecule is CCCNC(=O)c1ccc(OCCC)c(N)c1. The number of nitrogen functional groups attached to an aromatic ring is 1. The van der Waals surface area contributed by atoms with Gasteiger partial charge in [0.15, 0.2) is 0 Å². The van der Waals surface area contributed by atoms with Crippen molar-refractivity contribution in [2.45, 2.75) is 26.7 Å². The normalized spacial score (nSPS) is 10.0. The number of nitrogens with one attached hydrogen (secondary N) is 1. The van der Waals surface area contributed by atoms with Crippen molar-refractivity contribution in [3.8, 4) is 5.75 Å². The van der Waals surface area contributed by atoms with Crippen LogP contribution >= 0.6 is 0 Å². The Morgan fingerprint density at radius 3 is 2.71 bits per heavy atom. The van der Waals surface area contributed by atoms with Crippen molar-refractivity contribution in [2.75, 3.05) is 18.9 Å². The third kappa shape index (κ3) is 3.98. The van der Waals surface area contributed by atoms with Gasteiger partial charge in [-0.2, -0.15) is 0 Å². The summed E-state index contributed by atoms with van der Waals surface area (Å²) in [5, 5.41) is 2.80. The predicted molar refractivity (Wildman–Crippen MR) is 69.3 cm³/mol. The lowest BCUT2D eigenvalue weighted by molar-refractivity contribution is 0.0953. The number of nitrogens with two attached hydrogens (primary N) is 1. The lowest BCUT2D eigenvalue weighted by Crippen LogP contribution is -2.24. The van der Waals surface area contributed by atoms with E-state index in [-0.39, 0.29) is 5.91 Å². The molecule has 0 aliphatic carbocycles. The van der Waals surface area contributed by atoms with Crippen molar-refractivity contribution in [3.63, 3.8) is 0 Å². The molecule has 94 valence electrons. The van der Waals surface area contributed by atoms with Crippen LogP contribution in [0.5, 0.6) is 5.75 Å². The number of rotatable bonds is 6. The van der Waals surface area contributed by atoms with E-state index in [1.807, 2.05) is 13.8 Å². The van der Waals surface area contributed by atoms with Gasteiger partial charge in [0.2, 0.25) is 0 Å². The van der Waals surface area contributed by atoms with E-state index in [0.717, 1.165) is 12.8 Å². The number of amides is 1. The lowest BCUT2D eigenvalue weighted by Gasteiger charge is -2.09. The molecule has 1 rings (SSSR count). The summed E-state index contributed by atoms with van der Waals surface area (Å²) in [6.07, 6.45) is 1.84. The number of anilines is 1. The molecular weight excluding hydrogens is 216 g/mol. The molecular formula is C13H20N2O2. The molecule has 1 aromatic rings. The van der Waals surface area contributed by atoms with E-state index in [2.05, 4.69) is 5.32 Å². The van der Waals surface area contributed by atoms with E-state index in [9.17, 15) is 4.79 Å². The van der Waals surface area contributed by atoms with E-state index < -0.39 is 0 Å². The van der Waals surface area contributed by atoms with Gasteiger partial charge in [-0.25, -0.2) is 0 Å². The number of benzene rings is 1. The smallest absolute Gasteiger partial charge is 0.251 e. The molecule has 0 aliphatic heterocycles. The first kappa shape index (κ1) is 13.4. The highest BCUT2D eigenvalue weighted by Crippen LogP contribution is 2.22. The second kappa shape index (κ2) is 6.78. The van der Waals surface area contributed by atoms with E-state index >= 15 is 0 Å². The van der Waals surface area contributed by atoms with Crippen molar-refractivity contribution in [3.05, 3.63) is 23.8 Å². The molecule has 0 aromatic heterocycles. The number of hydrogen-bond acceptors (Lipinski definition) is 3. The van der Waals surface area contributed by atoms with Crippen molar-refractivity contribution < 1.29 is 9.53 Å². The van der Waals surface area contributed by atoms with Crippen molar-refractivity contribution in [1.29, 1.82) is 0 Å². The summed E-state index contributed by atoms with van der Waals surface area (Å²) in [5.41, 5.74) is 6.90. The van der Waals surface area contributed by atoms with Gasteiger partial charge in [0.05, 0.1) is 12.3 Å². The molecule has 0 atom stereocenters. The predicted octanol–water partition coefficient (Wildman–Crippen LogP) is 2.20. The molecule has 4 heteroatoms. The molecule has 4 nitrogen and oxygen atoms in total. The number of carbonyl (C=O) groups excluding carboxylic acids is 1. The highest BCUT2D eigenvalue weighted by molar-refractivity contribution is 5.95. The monoisotopic (exact) mass is 236 g/mol. The van der Waals surface area contributed by atoms with Gasteiger partial charge in [-0.15, -0.1) is 0 Å². The fourth-order valence-corrected chi connectivity index (χ4v) is 1.37. The van der Waals surface area contributed by atoms with E-state index in [1.165, 1.54) is 0 Å². The molecule has 1 aromatic carbocycles. The van der Waals surface area contributed by atoms with Gasteiger partial charge in [0, 0.05) is 12.1 Å². The van der Waals surface area contributed by atoms with Crippen LogP contribution in [0.2, 0.25) is 0 Å². The Bertz CT molecular complexity index is 378. The quantitative estimate of drug-likeness (QED) is 0.744. The molecule has 0 heterocycles. The average Bonchev–Trinajstić information content (AvgIpc) is 2.34. The Balaban J connectivity index is 2.70. The van der Waals surface area contributed by atoms with E-state index in [1.54, 1.807) is 18.2 Å². The standard InChI is InChI=1S/C13H20N2O2/c1-3-7-15-13(16)10-5-6-12(11(14)9-10)17-8-4-2/h5-6,9H,3-4,7-8,14H2,1-2H3,(H,15,16). The molecule has 0 radical (unpaired) electrons. The maximum atomic E-state index is 11.7. The zero-order valence-corrected chi connectivity index (χ0v) is 10.5. The average molecular weight is 236 g/mol. The van der Waals surface area contributed by atoms with Crippen LogP contribution < -0.4 is 15.8 Å². The van der Waals surface area contributed by atoms with Crippen LogP contribution in [0.4, 0.5) is 5.69 Å². The summed E-state index contributed by atoms with van der Waals surface area (Å²) in [6.45, 7) is 5.34. The van der Waals surface area contributed by atoms with Crippen LogP contribution in [0.25, 0.3) is 0 Å². The highest BCUT2D eigenvalue weighted by atomic mass is 16.5. The van der Waals surface area contributed by atoms with Gasteiger partial charge in [-0.3, -0.25) is 4.79 Å². The van der Waals surface area contributed by atoms with Crippen LogP contribution in [0.15, 0.2) is 18.2 Å². The number of ether oxygens (including phenoxy) is 1. The number of hydrogen-bond donors (Lipinski definition) is 2. The van der Waals surface area contributed by atoms with Crippen molar-refractivity contribution in [2.24, 2.45) is 0 Å². The third-order valence-corrected chi connectivity index (χ3v) is 2.27. The Hall–Kier alpha value is -1.71. The summed E-state index contributed by atoms with van der Waals surface area (Å²) < 4.78 is 5.45. The zero-order valence-electron chi connectivity index (χ0n) is 10.5. The first-order valence-corrected chi connectivity index (χ1v) is 5.99. The fourth-order valence-electron chi connectivity index (χ4n) is 1.37. The third-order valence-electron chi connectivity index (χ3n) is 2.27. The maximum absolute atomic E-state index is 11.7. The fraction of sp³-hybridized carbons (Fsp3) is 0.462. The second-order valence-electron chi connectivity index (χ2n) is 3.86. The van der Waals surface area contributed by atoms with E-state index in [0.29, 0.717) is 30.2 Å². The Labute approximate surface area is 102 Å². The second-order valence-corrected chi connectivity index (χ2v) is 3.86. The van der Waals surface area contributed by atoms with Gasteiger partial charge in [-0.05, 0) is 31.0 Å². The minimum Gasteiger partial charge on any atom is -0.491 e. The lowest BCUT2D eigenvalue weighted by atomic mass is 10.1. The van der Waals surface area contributed by atoms with Crippen LogP contribution in [0, 0.1) is 0 Å². The molecule has 0 saturated heterocycles. The van der Waals surface area contributed by atoms with Crippen LogP contribution in [-0.4, -0.2) is 19.1 Å². The minimum atomic E-state index is -0.0967. The van der Waals surface area contributed by atoms with Gasteiger partial charge in [-0.1, -0.05) is 13.8 Å².